The van der Waals surface area contributed by atoms with E-state index in [-0.39, 0.29) is 30.2 Å². The number of esters is 1. The van der Waals surface area contributed by atoms with Gasteiger partial charge in [0.05, 0.1) is 5.75 Å². The van der Waals surface area contributed by atoms with E-state index in [1.165, 1.54) is 6.92 Å². The summed E-state index contributed by atoms with van der Waals surface area (Å²) < 4.78 is 27.0. The molecule has 0 aromatic rings. The summed E-state index contributed by atoms with van der Waals surface area (Å²) in [5, 5.41) is 0. The van der Waals surface area contributed by atoms with Gasteiger partial charge in [-0.1, -0.05) is 13.8 Å². The highest BCUT2D eigenvalue weighted by molar-refractivity contribution is 7.90. The topological polar surface area (TPSA) is 80.8 Å². The molecule has 0 spiro atoms. The molecule has 20 heavy (non-hydrogen) atoms. The maximum absolute atomic E-state index is 11.7. The lowest BCUT2D eigenvalue weighted by molar-refractivity contribution is -0.149. The average Bonchev–Trinajstić information content (AvgIpc) is 2.38. The number of sulfone groups is 1. The predicted octanol–water partition coefficient (Wildman–Crippen LogP) is 1.00. The van der Waals surface area contributed by atoms with Gasteiger partial charge in [0.2, 0.25) is 5.91 Å². The molecule has 0 aliphatic carbocycles. The minimum atomic E-state index is -3.10. The van der Waals surface area contributed by atoms with Crippen LogP contribution in [0.15, 0.2) is 0 Å². The minimum absolute atomic E-state index is 0.0249. The van der Waals surface area contributed by atoms with Crippen LogP contribution in [0.4, 0.5) is 0 Å². The largest absolute Gasteiger partial charge is 0.462 e. The van der Waals surface area contributed by atoms with E-state index >= 15 is 0 Å². The fourth-order valence-electron chi connectivity index (χ4n) is 1.89. The van der Waals surface area contributed by atoms with Crippen LogP contribution in [0.25, 0.3) is 0 Å². The van der Waals surface area contributed by atoms with Crippen LogP contribution >= 0.6 is 0 Å². The third-order valence-corrected chi connectivity index (χ3v) is 3.76. The number of ether oxygens (including phenoxy) is 1. The first-order valence-corrected chi connectivity index (χ1v) is 8.96. The maximum atomic E-state index is 11.7. The van der Waals surface area contributed by atoms with Crippen LogP contribution < -0.4 is 0 Å². The fourth-order valence-corrected chi connectivity index (χ4v) is 2.43. The van der Waals surface area contributed by atoms with E-state index in [1.807, 2.05) is 13.8 Å². The first-order chi connectivity index (χ1) is 9.28. The van der Waals surface area contributed by atoms with Crippen LogP contribution in [0.5, 0.6) is 0 Å². The Kier molecular flexibility index (Phi) is 8.45. The molecular formula is C13H25NO5S. The predicted molar refractivity (Wildman–Crippen MR) is 77.0 cm³/mol. The number of carbonyl (C=O) groups is 2. The summed E-state index contributed by atoms with van der Waals surface area (Å²) in [5.74, 6) is -0.575. The van der Waals surface area contributed by atoms with Crippen LogP contribution in [0.2, 0.25) is 0 Å². The van der Waals surface area contributed by atoms with E-state index in [0.29, 0.717) is 25.9 Å². The van der Waals surface area contributed by atoms with E-state index in [1.54, 1.807) is 4.90 Å². The smallest absolute Gasteiger partial charge is 0.302 e. The third kappa shape index (κ3) is 8.14. The SMILES string of the molecule is CC.CC(=O)OC1CCN(C(=O)CCS(C)(=O)=O)CC1. The number of piperidine rings is 1. The number of nitrogens with zero attached hydrogens (tertiary/aromatic N) is 1. The molecule has 1 aliphatic heterocycles. The number of hydrogen-bond acceptors (Lipinski definition) is 5. The summed E-state index contributed by atoms with van der Waals surface area (Å²) in [6.07, 6.45) is 2.25. The Morgan fingerprint density at radius 1 is 1.20 bits per heavy atom. The molecule has 0 atom stereocenters. The van der Waals surface area contributed by atoms with Crippen LogP contribution in [0.3, 0.4) is 0 Å². The van der Waals surface area contributed by atoms with Gasteiger partial charge in [0.15, 0.2) is 0 Å². The molecule has 0 radical (unpaired) electrons. The fraction of sp³-hybridized carbons (Fsp3) is 0.846. The molecule has 1 aliphatic rings. The number of hydrogen-bond donors (Lipinski definition) is 0. The molecule has 0 saturated carbocycles. The first-order valence-electron chi connectivity index (χ1n) is 6.90. The Morgan fingerprint density at radius 2 is 1.70 bits per heavy atom. The Morgan fingerprint density at radius 3 is 2.10 bits per heavy atom. The second kappa shape index (κ2) is 8.94. The van der Waals surface area contributed by atoms with Gasteiger partial charge in [0.25, 0.3) is 0 Å². The lowest BCUT2D eigenvalue weighted by atomic mass is 10.1. The normalized spacial score (nSPS) is 16.1. The molecular weight excluding hydrogens is 282 g/mol. The van der Waals surface area contributed by atoms with Crippen LogP contribution in [-0.2, 0) is 24.2 Å². The number of likely N-dealkylation sites (tertiary alicyclic amines) is 1. The van der Waals surface area contributed by atoms with E-state index in [2.05, 4.69) is 0 Å². The van der Waals surface area contributed by atoms with Crippen LogP contribution in [-0.4, -0.2) is 56.4 Å². The van der Waals surface area contributed by atoms with Gasteiger partial charge in [-0.3, -0.25) is 9.59 Å². The highest BCUT2D eigenvalue weighted by Crippen LogP contribution is 2.14. The summed E-state index contributed by atoms with van der Waals surface area (Å²) in [7, 11) is -3.10. The Bertz CT molecular complexity index is 410. The standard InChI is InChI=1S/C11H19NO5S.C2H6/c1-9(13)17-10-3-6-12(7-4-10)11(14)5-8-18(2,15)16;1-2/h10H,3-8H2,1-2H3;1-2H3. The molecule has 0 aromatic carbocycles. The van der Waals surface area contributed by atoms with Crippen molar-refractivity contribution in [3.63, 3.8) is 0 Å². The third-order valence-electron chi connectivity index (χ3n) is 2.81. The Hall–Kier alpha value is -1.11. The van der Waals surface area contributed by atoms with Crippen molar-refractivity contribution in [1.82, 2.24) is 4.90 Å². The van der Waals surface area contributed by atoms with Gasteiger partial charge < -0.3 is 9.64 Å². The Balaban J connectivity index is 0.00000172. The van der Waals surface area contributed by atoms with Crippen molar-refractivity contribution in [2.45, 2.75) is 46.1 Å². The summed E-state index contributed by atoms with van der Waals surface area (Å²) in [6.45, 7) is 6.39. The molecule has 1 fully saturated rings. The van der Waals surface area contributed by atoms with Crippen molar-refractivity contribution >= 4 is 21.7 Å². The van der Waals surface area contributed by atoms with Gasteiger partial charge in [0.1, 0.15) is 15.9 Å². The summed E-state index contributed by atoms with van der Waals surface area (Å²) >= 11 is 0. The molecule has 0 unspecified atom stereocenters. The number of rotatable bonds is 4. The van der Waals surface area contributed by atoms with Crippen molar-refractivity contribution in [2.24, 2.45) is 0 Å². The van der Waals surface area contributed by atoms with Crippen LogP contribution in [0.1, 0.15) is 40.0 Å². The van der Waals surface area contributed by atoms with E-state index in [9.17, 15) is 18.0 Å². The zero-order chi connectivity index (χ0) is 15.8. The molecule has 0 bridgehead atoms. The highest BCUT2D eigenvalue weighted by Gasteiger charge is 2.24. The molecule has 7 heteroatoms. The van der Waals surface area contributed by atoms with Crippen molar-refractivity contribution < 1.29 is 22.7 Å². The van der Waals surface area contributed by atoms with E-state index < -0.39 is 9.84 Å². The molecule has 0 N–H and O–H groups in total. The molecule has 0 aromatic heterocycles. The van der Waals surface area contributed by atoms with Crippen molar-refractivity contribution in [2.75, 3.05) is 25.1 Å². The zero-order valence-corrected chi connectivity index (χ0v) is 13.5. The van der Waals surface area contributed by atoms with Crippen molar-refractivity contribution in [3.05, 3.63) is 0 Å². The number of amides is 1. The van der Waals surface area contributed by atoms with Crippen molar-refractivity contribution in [1.29, 1.82) is 0 Å². The molecule has 1 heterocycles. The second-order valence-electron chi connectivity index (χ2n) is 4.57. The van der Waals surface area contributed by atoms with Gasteiger partial charge in [-0.25, -0.2) is 8.42 Å². The molecule has 1 saturated heterocycles. The van der Waals surface area contributed by atoms with Crippen LogP contribution in [0, 0.1) is 0 Å². The first kappa shape index (κ1) is 18.9. The zero-order valence-electron chi connectivity index (χ0n) is 12.7. The lowest BCUT2D eigenvalue weighted by Gasteiger charge is -2.31. The number of carbonyl (C=O) groups excluding carboxylic acids is 2. The quantitative estimate of drug-likeness (QED) is 0.724. The van der Waals surface area contributed by atoms with Crippen molar-refractivity contribution in [3.8, 4) is 0 Å². The monoisotopic (exact) mass is 307 g/mol. The lowest BCUT2D eigenvalue weighted by Crippen LogP contribution is -2.41. The molecule has 1 amide bonds. The summed E-state index contributed by atoms with van der Waals surface area (Å²) in [6, 6.07) is 0. The summed E-state index contributed by atoms with van der Waals surface area (Å²) in [4.78, 5) is 24.1. The van der Waals surface area contributed by atoms with Gasteiger partial charge >= 0.3 is 5.97 Å². The molecule has 1 rings (SSSR count). The highest BCUT2D eigenvalue weighted by atomic mass is 32.2. The van der Waals surface area contributed by atoms with Gasteiger partial charge in [-0.15, -0.1) is 0 Å². The van der Waals surface area contributed by atoms with Gasteiger partial charge in [-0.05, 0) is 0 Å². The Labute approximate surface area is 121 Å². The van der Waals surface area contributed by atoms with Gasteiger partial charge in [-0.2, -0.15) is 0 Å². The minimum Gasteiger partial charge on any atom is -0.462 e. The average molecular weight is 307 g/mol. The van der Waals surface area contributed by atoms with Gasteiger partial charge in [0, 0.05) is 45.5 Å². The second-order valence-corrected chi connectivity index (χ2v) is 6.83. The van der Waals surface area contributed by atoms with E-state index in [4.69, 9.17) is 4.74 Å². The maximum Gasteiger partial charge on any atom is 0.302 e. The van der Waals surface area contributed by atoms with E-state index in [0.717, 1.165) is 6.26 Å². The molecule has 118 valence electrons. The summed E-state index contributed by atoms with van der Waals surface area (Å²) in [5.41, 5.74) is 0. The molecule has 6 nitrogen and oxygen atoms in total.